The number of anilines is 1. The minimum absolute atomic E-state index is 0.192. The van der Waals surface area contributed by atoms with Crippen LogP contribution in [-0.2, 0) is 6.42 Å². The first-order valence-electron chi connectivity index (χ1n) is 10.1. The number of amides is 1. The van der Waals surface area contributed by atoms with Crippen molar-refractivity contribution in [3.05, 3.63) is 71.5 Å². The molecule has 0 aliphatic rings. The lowest BCUT2D eigenvalue weighted by Crippen LogP contribution is -2.12. The normalized spacial score (nSPS) is 11.0. The highest BCUT2D eigenvalue weighted by Crippen LogP contribution is 2.23. The van der Waals surface area contributed by atoms with Gasteiger partial charge in [-0.05, 0) is 54.4 Å². The van der Waals surface area contributed by atoms with Crippen LogP contribution >= 0.6 is 11.5 Å². The van der Waals surface area contributed by atoms with Gasteiger partial charge < -0.3 is 5.32 Å². The van der Waals surface area contributed by atoms with Crippen molar-refractivity contribution < 1.29 is 4.79 Å². The maximum atomic E-state index is 12.6. The van der Waals surface area contributed by atoms with E-state index < -0.39 is 0 Å². The third kappa shape index (κ3) is 3.83. The molecule has 4 heterocycles. The lowest BCUT2D eigenvalue weighted by Gasteiger charge is -2.07. The Hall–Kier alpha value is -4.05. The molecule has 0 bridgehead atoms. The first-order chi connectivity index (χ1) is 15.7. The fourth-order valence-corrected chi connectivity index (χ4v) is 3.92. The van der Waals surface area contributed by atoms with Crippen molar-refractivity contribution in [1.29, 1.82) is 0 Å². The average Bonchev–Trinajstić information content (AvgIpc) is 3.47. The molecule has 0 fully saturated rings. The number of aromatic nitrogens is 7. The average molecular weight is 443 g/mol. The van der Waals surface area contributed by atoms with Gasteiger partial charge in [0, 0.05) is 29.2 Å². The molecule has 158 valence electrons. The van der Waals surface area contributed by atoms with E-state index in [-0.39, 0.29) is 5.91 Å². The molecular weight excluding hydrogens is 424 g/mol. The SMILES string of the molecule is CCCc1nnsc1C(=O)Nc1ccc(-c2ccc3nnc(-c4ccncc4)n3n2)cc1. The summed E-state index contributed by atoms with van der Waals surface area (Å²) in [6.45, 7) is 2.05. The highest BCUT2D eigenvalue weighted by Gasteiger charge is 2.16. The van der Waals surface area contributed by atoms with Crippen LogP contribution in [0.1, 0.15) is 28.7 Å². The molecule has 0 radical (unpaired) electrons. The predicted molar refractivity (Wildman–Crippen MR) is 121 cm³/mol. The van der Waals surface area contributed by atoms with Crippen LogP contribution in [0.4, 0.5) is 5.69 Å². The summed E-state index contributed by atoms with van der Waals surface area (Å²) >= 11 is 1.12. The van der Waals surface area contributed by atoms with Gasteiger partial charge in [-0.25, -0.2) is 0 Å². The predicted octanol–water partition coefficient (Wildman–Crippen LogP) is 3.91. The molecule has 0 aliphatic heterocycles. The minimum atomic E-state index is -0.192. The Labute approximate surface area is 187 Å². The Bertz CT molecular complexity index is 1380. The van der Waals surface area contributed by atoms with Crippen LogP contribution in [-0.4, -0.2) is 40.3 Å². The van der Waals surface area contributed by atoms with Gasteiger partial charge in [0.15, 0.2) is 11.5 Å². The molecule has 0 spiro atoms. The molecule has 1 aromatic carbocycles. The van der Waals surface area contributed by atoms with Gasteiger partial charge in [-0.15, -0.1) is 15.3 Å². The standard InChI is InChI=1S/C22H18N8OS/c1-2-3-18-20(32-29-25-18)22(31)24-16-6-4-14(5-7-16)17-8-9-19-26-27-21(30(19)28-17)15-10-12-23-13-11-15/h4-13H,2-3H2,1H3,(H,24,31). The zero-order chi connectivity index (χ0) is 21.9. The van der Waals surface area contributed by atoms with E-state index in [1.165, 1.54) is 0 Å². The van der Waals surface area contributed by atoms with Gasteiger partial charge in [0.1, 0.15) is 4.88 Å². The van der Waals surface area contributed by atoms with Crippen molar-refractivity contribution in [2.75, 3.05) is 5.32 Å². The molecule has 0 saturated heterocycles. The molecule has 1 N–H and O–H groups in total. The van der Waals surface area contributed by atoms with Crippen LogP contribution in [0.15, 0.2) is 60.9 Å². The zero-order valence-corrected chi connectivity index (χ0v) is 18.0. The summed E-state index contributed by atoms with van der Waals surface area (Å²) in [4.78, 5) is 17.2. The summed E-state index contributed by atoms with van der Waals surface area (Å²) in [5, 5.41) is 20.1. The third-order valence-electron chi connectivity index (χ3n) is 4.89. The summed E-state index contributed by atoms with van der Waals surface area (Å²) in [5.41, 5.74) is 4.65. The minimum Gasteiger partial charge on any atom is -0.321 e. The number of fused-ring (bicyclic) bond motifs is 1. The number of aryl methyl sites for hydroxylation is 1. The van der Waals surface area contributed by atoms with Crippen molar-refractivity contribution in [2.24, 2.45) is 0 Å². The van der Waals surface area contributed by atoms with Crippen LogP contribution in [0.25, 0.3) is 28.3 Å². The maximum Gasteiger partial charge on any atom is 0.269 e. The molecule has 5 aromatic rings. The molecule has 32 heavy (non-hydrogen) atoms. The number of carbonyl (C=O) groups excluding carboxylic acids is 1. The molecule has 4 aromatic heterocycles. The van der Waals surface area contributed by atoms with E-state index in [2.05, 4.69) is 30.1 Å². The van der Waals surface area contributed by atoms with Crippen LogP contribution in [0.5, 0.6) is 0 Å². The van der Waals surface area contributed by atoms with Crippen molar-refractivity contribution in [3.8, 4) is 22.6 Å². The van der Waals surface area contributed by atoms with Gasteiger partial charge in [0.25, 0.3) is 5.91 Å². The first-order valence-corrected chi connectivity index (χ1v) is 10.9. The van der Waals surface area contributed by atoms with Crippen molar-refractivity contribution in [3.63, 3.8) is 0 Å². The van der Waals surface area contributed by atoms with Gasteiger partial charge in [0.05, 0.1) is 11.4 Å². The van der Waals surface area contributed by atoms with Gasteiger partial charge in [-0.2, -0.15) is 9.61 Å². The summed E-state index contributed by atoms with van der Waals surface area (Å²) in [6.07, 6.45) is 5.06. The van der Waals surface area contributed by atoms with E-state index in [1.54, 1.807) is 16.9 Å². The van der Waals surface area contributed by atoms with Crippen LogP contribution in [0, 0.1) is 0 Å². The monoisotopic (exact) mass is 442 g/mol. The van der Waals surface area contributed by atoms with Crippen molar-refractivity contribution in [1.82, 2.24) is 34.4 Å². The Balaban J connectivity index is 1.39. The van der Waals surface area contributed by atoms with Crippen LogP contribution in [0.3, 0.4) is 0 Å². The number of hydrogen-bond acceptors (Lipinski definition) is 8. The fraction of sp³-hybridized carbons (Fsp3) is 0.136. The fourth-order valence-electron chi connectivity index (χ4n) is 3.32. The Morgan fingerprint density at radius 2 is 1.78 bits per heavy atom. The molecule has 0 unspecified atom stereocenters. The molecule has 10 heteroatoms. The van der Waals surface area contributed by atoms with Gasteiger partial charge in [-0.1, -0.05) is 30.0 Å². The Morgan fingerprint density at radius 3 is 2.56 bits per heavy atom. The van der Waals surface area contributed by atoms with E-state index >= 15 is 0 Å². The maximum absolute atomic E-state index is 12.6. The van der Waals surface area contributed by atoms with E-state index in [0.717, 1.165) is 46.9 Å². The number of pyridine rings is 1. The lowest BCUT2D eigenvalue weighted by atomic mass is 10.1. The van der Waals surface area contributed by atoms with E-state index in [0.29, 0.717) is 22.0 Å². The molecule has 5 rings (SSSR count). The number of hydrogen-bond donors (Lipinski definition) is 1. The second-order valence-electron chi connectivity index (χ2n) is 7.08. The number of rotatable bonds is 6. The highest BCUT2D eigenvalue weighted by molar-refractivity contribution is 7.08. The number of nitrogens with zero attached hydrogens (tertiary/aromatic N) is 7. The number of carbonyl (C=O) groups is 1. The molecular formula is C22H18N8OS. The molecule has 0 atom stereocenters. The summed E-state index contributed by atoms with van der Waals surface area (Å²) < 4.78 is 5.63. The third-order valence-corrected chi connectivity index (χ3v) is 5.66. The topological polar surface area (TPSA) is 111 Å². The Morgan fingerprint density at radius 1 is 0.969 bits per heavy atom. The smallest absolute Gasteiger partial charge is 0.269 e. The van der Waals surface area contributed by atoms with E-state index in [4.69, 9.17) is 5.10 Å². The van der Waals surface area contributed by atoms with Gasteiger partial charge >= 0.3 is 0 Å². The zero-order valence-electron chi connectivity index (χ0n) is 17.1. The molecule has 0 aliphatic carbocycles. The summed E-state index contributed by atoms with van der Waals surface area (Å²) in [6, 6.07) is 15.0. The number of nitrogens with one attached hydrogen (secondary N) is 1. The second kappa shape index (κ2) is 8.60. The first kappa shape index (κ1) is 19.9. The van der Waals surface area contributed by atoms with Crippen molar-refractivity contribution in [2.45, 2.75) is 19.8 Å². The summed E-state index contributed by atoms with van der Waals surface area (Å²) in [7, 11) is 0. The van der Waals surface area contributed by atoms with Crippen LogP contribution in [0.2, 0.25) is 0 Å². The van der Waals surface area contributed by atoms with Gasteiger partial charge in [-0.3, -0.25) is 9.78 Å². The summed E-state index contributed by atoms with van der Waals surface area (Å²) in [5.74, 6) is 0.455. The van der Waals surface area contributed by atoms with Crippen molar-refractivity contribution >= 4 is 28.8 Å². The molecule has 9 nitrogen and oxygen atoms in total. The van der Waals surface area contributed by atoms with Gasteiger partial charge in [0.2, 0.25) is 0 Å². The second-order valence-corrected chi connectivity index (χ2v) is 7.83. The quantitative estimate of drug-likeness (QED) is 0.424. The van der Waals surface area contributed by atoms with E-state index in [1.807, 2.05) is 55.5 Å². The lowest BCUT2D eigenvalue weighted by molar-refractivity contribution is 0.102. The van der Waals surface area contributed by atoms with Crippen LogP contribution < -0.4 is 5.32 Å². The highest BCUT2D eigenvalue weighted by atomic mass is 32.1. The molecule has 1 amide bonds. The number of benzene rings is 1. The molecule has 0 saturated carbocycles. The largest absolute Gasteiger partial charge is 0.321 e. The van der Waals surface area contributed by atoms with E-state index in [9.17, 15) is 4.79 Å². The Kier molecular flexibility index (Phi) is 5.34.